The quantitative estimate of drug-likeness (QED) is 0.699. The van der Waals surface area contributed by atoms with Crippen LogP contribution in [-0.4, -0.2) is 34.5 Å². The molecule has 144 valence electrons. The monoisotopic (exact) mass is 378 g/mol. The highest BCUT2D eigenvalue weighted by molar-refractivity contribution is 5.98. The summed E-state index contributed by atoms with van der Waals surface area (Å²) in [5, 5.41) is 0. The number of ether oxygens (including phenoxy) is 1. The van der Waals surface area contributed by atoms with Gasteiger partial charge in [-0.05, 0) is 35.3 Å². The Bertz CT molecular complexity index is 925. The number of nitrogens with zero attached hydrogens (tertiary/aromatic N) is 2. The second kappa shape index (κ2) is 8.14. The zero-order chi connectivity index (χ0) is 20.1. The van der Waals surface area contributed by atoms with Crippen molar-refractivity contribution in [2.75, 3.05) is 7.11 Å². The summed E-state index contributed by atoms with van der Waals surface area (Å²) in [5.74, 6) is -1.96. The summed E-state index contributed by atoms with van der Waals surface area (Å²) in [4.78, 5) is 32.9. The van der Waals surface area contributed by atoms with E-state index in [9.17, 15) is 9.59 Å². The van der Waals surface area contributed by atoms with E-state index in [1.807, 2.05) is 18.2 Å². The first-order valence-corrected chi connectivity index (χ1v) is 8.82. The van der Waals surface area contributed by atoms with Gasteiger partial charge in [-0.1, -0.05) is 24.3 Å². The van der Waals surface area contributed by atoms with Crippen molar-refractivity contribution in [2.45, 2.75) is 18.4 Å². The van der Waals surface area contributed by atoms with E-state index in [4.69, 9.17) is 16.2 Å². The van der Waals surface area contributed by atoms with Crippen molar-refractivity contribution >= 4 is 11.8 Å². The molecule has 0 spiro atoms. The third kappa shape index (κ3) is 3.84. The molecule has 2 unspecified atom stereocenters. The molecular weight excluding hydrogens is 356 g/mol. The summed E-state index contributed by atoms with van der Waals surface area (Å²) in [5.41, 5.74) is 12.8. The van der Waals surface area contributed by atoms with Crippen molar-refractivity contribution in [2.24, 2.45) is 17.4 Å². The molecule has 7 nitrogen and oxygen atoms in total. The second-order valence-corrected chi connectivity index (χ2v) is 6.67. The van der Waals surface area contributed by atoms with Gasteiger partial charge >= 0.3 is 0 Å². The lowest BCUT2D eigenvalue weighted by Crippen LogP contribution is -2.45. The van der Waals surface area contributed by atoms with Gasteiger partial charge in [-0.25, -0.2) is 0 Å². The minimum Gasteiger partial charge on any atom is -0.369 e. The maximum Gasteiger partial charge on any atom is 0.247 e. The van der Waals surface area contributed by atoms with Gasteiger partial charge in [-0.2, -0.15) is 0 Å². The smallest absolute Gasteiger partial charge is 0.247 e. The number of primary amides is 2. The highest BCUT2D eigenvalue weighted by atomic mass is 16.5. The van der Waals surface area contributed by atoms with Crippen molar-refractivity contribution in [1.82, 2.24) is 9.97 Å². The largest absolute Gasteiger partial charge is 0.369 e. The van der Waals surface area contributed by atoms with Gasteiger partial charge in [0.05, 0.1) is 11.5 Å². The van der Waals surface area contributed by atoms with Crippen molar-refractivity contribution in [3.8, 4) is 0 Å². The van der Waals surface area contributed by atoms with Gasteiger partial charge < -0.3 is 16.2 Å². The summed E-state index contributed by atoms with van der Waals surface area (Å²) in [7, 11) is 1.51. The van der Waals surface area contributed by atoms with Crippen molar-refractivity contribution in [3.63, 3.8) is 0 Å². The first kappa shape index (κ1) is 19.4. The lowest BCUT2D eigenvalue weighted by molar-refractivity contribution is -0.119. The van der Waals surface area contributed by atoms with Gasteiger partial charge in [0.15, 0.2) is 0 Å². The lowest BCUT2D eigenvalue weighted by Gasteiger charge is -2.37. The SMILES string of the molecule is COC1(Cc2cccnc2)C=CC(C(N)=O)C(Cc2cccnc2)=C1C(N)=O. The third-order valence-electron chi connectivity index (χ3n) is 4.90. The van der Waals surface area contributed by atoms with E-state index in [0.29, 0.717) is 18.4 Å². The normalized spacial score (nSPS) is 21.5. The van der Waals surface area contributed by atoms with Gasteiger partial charge in [0.1, 0.15) is 5.60 Å². The van der Waals surface area contributed by atoms with Gasteiger partial charge in [-0.15, -0.1) is 0 Å². The number of carbonyl (C=O) groups excluding carboxylic acids is 2. The fourth-order valence-corrected chi connectivity index (χ4v) is 3.63. The Morgan fingerprint density at radius 2 is 1.75 bits per heavy atom. The van der Waals surface area contributed by atoms with Crippen LogP contribution in [0.3, 0.4) is 0 Å². The fraction of sp³-hybridized carbons (Fsp3) is 0.238. The minimum absolute atomic E-state index is 0.244. The second-order valence-electron chi connectivity index (χ2n) is 6.67. The molecule has 1 aliphatic rings. The molecule has 0 aromatic carbocycles. The Labute approximate surface area is 163 Å². The maximum absolute atomic E-state index is 12.6. The maximum atomic E-state index is 12.6. The first-order valence-electron chi connectivity index (χ1n) is 8.82. The Balaban J connectivity index is 2.15. The van der Waals surface area contributed by atoms with Crippen LogP contribution in [0.2, 0.25) is 0 Å². The molecule has 4 N–H and O–H groups in total. The average Bonchev–Trinajstić information content (AvgIpc) is 2.69. The molecule has 2 heterocycles. The Kier molecular flexibility index (Phi) is 5.65. The highest BCUT2D eigenvalue weighted by Gasteiger charge is 2.42. The molecule has 0 saturated carbocycles. The average molecular weight is 378 g/mol. The summed E-state index contributed by atoms with van der Waals surface area (Å²) in [6.45, 7) is 0. The number of pyridine rings is 2. The summed E-state index contributed by atoms with van der Waals surface area (Å²) in [6, 6.07) is 7.35. The number of hydrogen-bond acceptors (Lipinski definition) is 5. The number of hydrogen-bond donors (Lipinski definition) is 2. The standard InChI is InChI=1S/C21H22N4O3/c1-28-21(11-15-5-3-9-25-13-15)7-6-16(19(22)26)17(18(21)20(23)27)10-14-4-2-8-24-12-14/h2-9,12-13,16H,10-11H2,1H3,(H2,22,26)(H2,23,27). The topological polar surface area (TPSA) is 121 Å². The molecule has 0 aliphatic heterocycles. The Morgan fingerprint density at radius 3 is 2.25 bits per heavy atom. The molecule has 0 bridgehead atoms. The van der Waals surface area contributed by atoms with E-state index in [0.717, 1.165) is 11.1 Å². The molecule has 2 atom stereocenters. The van der Waals surface area contributed by atoms with Crippen molar-refractivity contribution < 1.29 is 14.3 Å². The molecule has 2 aromatic rings. The van der Waals surface area contributed by atoms with Crippen LogP contribution in [0, 0.1) is 5.92 Å². The van der Waals surface area contributed by atoms with Gasteiger partial charge in [0.2, 0.25) is 11.8 Å². The first-order chi connectivity index (χ1) is 13.5. The summed E-state index contributed by atoms with van der Waals surface area (Å²) >= 11 is 0. The number of nitrogens with two attached hydrogens (primary N) is 2. The minimum atomic E-state index is -1.11. The van der Waals surface area contributed by atoms with Crippen LogP contribution in [0.1, 0.15) is 11.1 Å². The number of amides is 2. The summed E-state index contributed by atoms with van der Waals surface area (Å²) in [6.07, 6.45) is 10.7. The highest BCUT2D eigenvalue weighted by Crippen LogP contribution is 2.38. The molecule has 7 heteroatoms. The van der Waals surface area contributed by atoms with Crippen LogP contribution in [0.4, 0.5) is 0 Å². The predicted octanol–water partition coefficient (Wildman–Crippen LogP) is 1.10. The van der Waals surface area contributed by atoms with Crippen molar-refractivity contribution in [1.29, 1.82) is 0 Å². The molecular formula is C21H22N4O3. The zero-order valence-corrected chi connectivity index (χ0v) is 15.5. The summed E-state index contributed by atoms with van der Waals surface area (Å²) < 4.78 is 5.81. The molecule has 1 aliphatic carbocycles. The lowest BCUT2D eigenvalue weighted by atomic mass is 9.73. The third-order valence-corrected chi connectivity index (χ3v) is 4.90. The molecule has 0 fully saturated rings. The van der Waals surface area contributed by atoms with E-state index >= 15 is 0 Å². The van der Waals surface area contributed by atoms with Crippen molar-refractivity contribution in [3.05, 3.63) is 83.5 Å². The number of methoxy groups -OCH3 is 1. The van der Waals surface area contributed by atoms with E-state index in [1.165, 1.54) is 7.11 Å². The molecule has 3 rings (SSSR count). The number of carbonyl (C=O) groups is 2. The van der Waals surface area contributed by atoms with Gasteiger partial charge in [-0.3, -0.25) is 19.6 Å². The Hall–Kier alpha value is -3.32. The van der Waals surface area contributed by atoms with Gasteiger partial charge in [0, 0.05) is 38.3 Å². The fourth-order valence-electron chi connectivity index (χ4n) is 3.63. The van der Waals surface area contributed by atoms with Crippen LogP contribution in [0.5, 0.6) is 0 Å². The zero-order valence-electron chi connectivity index (χ0n) is 15.5. The number of aromatic nitrogens is 2. The van der Waals surface area contributed by atoms with E-state index in [2.05, 4.69) is 9.97 Å². The Morgan fingerprint density at radius 1 is 1.11 bits per heavy atom. The molecule has 2 aromatic heterocycles. The van der Waals surface area contributed by atoms with E-state index in [-0.39, 0.29) is 5.57 Å². The van der Waals surface area contributed by atoms with E-state index < -0.39 is 23.3 Å². The van der Waals surface area contributed by atoms with Crippen LogP contribution >= 0.6 is 0 Å². The van der Waals surface area contributed by atoms with Gasteiger partial charge in [0.25, 0.3) is 0 Å². The number of rotatable bonds is 7. The predicted molar refractivity (Wildman–Crippen MR) is 104 cm³/mol. The van der Waals surface area contributed by atoms with Crippen LogP contribution in [0.25, 0.3) is 0 Å². The molecule has 2 amide bonds. The molecule has 0 saturated heterocycles. The van der Waals surface area contributed by atoms with Crippen LogP contribution < -0.4 is 11.5 Å². The van der Waals surface area contributed by atoms with E-state index in [1.54, 1.807) is 43.0 Å². The van der Waals surface area contributed by atoms with Crippen LogP contribution in [0.15, 0.2) is 72.4 Å². The van der Waals surface area contributed by atoms with Crippen LogP contribution in [-0.2, 0) is 27.2 Å². The molecule has 28 heavy (non-hydrogen) atoms. The molecule has 0 radical (unpaired) electrons.